The Balaban J connectivity index is 0.00000121. The van der Waals surface area contributed by atoms with Crippen molar-refractivity contribution in [3.8, 4) is 0 Å². The van der Waals surface area contributed by atoms with E-state index < -0.39 is 0 Å². The van der Waals surface area contributed by atoms with E-state index in [1.54, 1.807) is 11.3 Å². The summed E-state index contributed by atoms with van der Waals surface area (Å²) in [6.07, 6.45) is 5.67. The van der Waals surface area contributed by atoms with Crippen molar-refractivity contribution >= 4 is 42.1 Å². The van der Waals surface area contributed by atoms with Crippen molar-refractivity contribution < 1.29 is 4.79 Å². The van der Waals surface area contributed by atoms with Crippen molar-refractivity contribution in [1.82, 2.24) is 9.88 Å². The van der Waals surface area contributed by atoms with Crippen molar-refractivity contribution in [2.24, 2.45) is 23.5 Å². The number of aromatic nitrogens is 1. The third-order valence-electron chi connectivity index (χ3n) is 5.02. The van der Waals surface area contributed by atoms with Gasteiger partial charge in [-0.25, -0.2) is 4.98 Å². The molecule has 2 aliphatic carbocycles. The molecule has 2 unspecified atom stereocenters. The van der Waals surface area contributed by atoms with Crippen LogP contribution in [0.3, 0.4) is 0 Å². The van der Waals surface area contributed by atoms with E-state index in [1.165, 1.54) is 19.3 Å². The first-order valence-corrected chi connectivity index (χ1v) is 8.47. The standard InChI is InChI=1S/C15H23N3OS.2ClH/c1-18(7-13-8-20-9-17-13)15(19)12-5-10-3-2-4-11(6-12)14(10)16;;/h8-12,14H,2-7,16H2,1H3;2*1H. The van der Waals surface area contributed by atoms with Gasteiger partial charge in [-0.3, -0.25) is 4.79 Å². The van der Waals surface area contributed by atoms with Gasteiger partial charge in [-0.05, 0) is 37.5 Å². The molecule has 2 saturated carbocycles. The molecule has 4 nitrogen and oxygen atoms in total. The molecule has 126 valence electrons. The van der Waals surface area contributed by atoms with Crippen molar-refractivity contribution in [1.29, 1.82) is 0 Å². The predicted molar refractivity (Wildman–Crippen MR) is 94.6 cm³/mol. The highest BCUT2D eigenvalue weighted by Gasteiger charge is 2.41. The molecular weight excluding hydrogens is 341 g/mol. The number of thiazole rings is 1. The minimum atomic E-state index is 0. The van der Waals surface area contributed by atoms with E-state index in [4.69, 9.17) is 5.73 Å². The molecule has 22 heavy (non-hydrogen) atoms. The van der Waals surface area contributed by atoms with Crippen LogP contribution in [0.5, 0.6) is 0 Å². The molecule has 0 spiro atoms. The first-order valence-electron chi connectivity index (χ1n) is 7.52. The highest BCUT2D eigenvalue weighted by atomic mass is 35.5. The van der Waals surface area contributed by atoms with Crippen LogP contribution in [0.2, 0.25) is 0 Å². The first kappa shape index (κ1) is 19.7. The fourth-order valence-corrected chi connectivity index (χ4v) is 4.49. The van der Waals surface area contributed by atoms with E-state index >= 15 is 0 Å². The van der Waals surface area contributed by atoms with Crippen molar-refractivity contribution in [2.45, 2.75) is 44.7 Å². The lowest BCUT2D eigenvalue weighted by Gasteiger charge is -2.44. The van der Waals surface area contributed by atoms with Crippen LogP contribution < -0.4 is 5.73 Å². The summed E-state index contributed by atoms with van der Waals surface area (Å²) in [7, 11) is 1.89. The number of amides is 1. The number of fused-ring (bicyclic) bond motifs is 2. The van der Waals surface area contributed by atoms with Crippen molar-refractivity contribution in [3.05, 3.63) is 16.6 Å². The second-order valence-corrected chi connectivity index (χ2v) is 7.09. The number of carbonyl (C=O) groups excluding carboxylic acids is 1. The number of nitrogens with two attached hydrogens (primary N) is 1. The summed E-state index contributed by atoms with van der Waals surface area (Å²) in [5.41, 5.74) is 9.10. The van der Waals surface area contributed by atoms with E-state index in [2.05, 4.69) is 4.98 Å². The molecule has 3 rings (SSSR count). The number of carbonyl (C=O) groups is 1. The van der Waals surface area contributed by atoms with Gasteiger partial charge in [-0.2, -0.15) is 0 Å². The van der Waals surface area contributed by atoms with Gasteiger partial charge in [-0.1, -0.05) is 6.42 Å². The summed E-state index contributed by atoms with van der Waals surface area (Å²) < 4.78 is 0. The minimum Gasteiger partial charge on any atom is -0.340 e. The smallest absolute Gasteiger partial charge is 0.225 e. The van der Waals surface area contributed by atoms with Crippen LogP contribution in [-0.4, -0.2) is 28.9 Å². The zero-order valence-electron chi connectivity index (χ0n) is 12.8. The SMILES string of the molecule is CN(Cc1cscn1)C(=O)C1CC2CCCC(C1)C2N.Cl.Cl. The van der Waals surface area contributed by atoms with Crippen LogP contribution in [0.1, 0.15) is 37.8 Å². The summed E-state index contributed by atoms with van der Waals surface area (Å²) in [5, 5.41) is 2.01. The number of hydrogen-bond acceptors (Lipinski definition) is 4. The van der Waals surface area contributed by atoms with Crippen LogP contribution in [0.25, 0.3) is 0 Å². The molecule has 2 bridgehead atoms. The second kappa shape index (κ2) is 8.48. The Bertz CT molecular complexity index is 457. The summed E-state index contributed by atoms with van der Waals surface area (Å²) in [5.74, 6) is 1.57. The molecule has 1 aromatic rings. The van der Waals surface area contributed by atoms with Gasteiger partial charge < -0.3 is 10.6 Å². The second-order valence-electron chi connectivity index (χ2n) is 6.37. The molecule has 7 heteroatoms. The number of hydrogen-bond donors (Lipinski definition) is 1. The lowest BCUT2D eigenvalue weighted by molar-refractivity contribution is -0.137. The first-order chi connectivity index (χ1) is 9.65. The molecule has 1 heterocycles. The van der Waals surface area contributed by atoms with Crippen LogP contribution in [0.15, 0.2) is 10.9 Å². The summed E-state index contributed by atoms with van der Waals surface area (Å²) >= 11 is 1.58. The van der Waals surface area contributed by atoms with Crippen LogP contribution in [0, 0.1) is 17.8 Å². The highest BCUT2D eigenvalue weighted by molar-refractivity contribution is 7.07. The molecule has 2 aliphatic rings. The van der Waals surface area contributed by atoms with Crippen LogP contribution in [-0.2, 0) is 11.3 Å². The summed E-state index contributed by atoms with van der Waals surface area (Å²) in [6, 6.07) is 0.330. The predicted octanol–water partition coefficient (Wildman–Crippen LogP) is 3.10. The van der Waals surface area contributed by atoms with Gasteiger partial charge in [0.25, 0.3) is 0 Å². The highest BCUT2D eigenvalue weighted by Crippen LogP contribution is 2.42. The quantitative estimate of drug-likeness (QED) is 0.894. The van der Waals surface area contributed by atoms with Crippen LogP contribution >= 0.6 is 36.2 Å². The van der Waals surface area contributed by atoms with Gasteiger partial charge in [0, 0.05) is 24.4 Å². The molecular formula is C15H25Cl2N3OS. The van der Waals surface area contributed by atoms with Gasteiger partial charge in [0.2, 0.25) is 5.91 Å². The largest absolute Gasteiger partial charge is 0.340 e. The average Bonchev–Trinajstić information content (AvgIpc) is 2.90. The molecule has 1 aromatic heterocycles. The zero-order chi connectivity index (χ0) is 14.1. The van der Waals surface area contributed by atoms with E-state index in [1.807, 2.05) is 22.8 Å². The molecule has 2 N–H and O–H groups in total. The maximum atomic E-state index is 12.6. The molecule has 0 aromatic carbocycles. The Hall–Kier alpha value is -0.360. The maximum Gasteiger partial charge on any atom is 0.225 e. The topological polar surface area (TPSA) is 59.2 Å². The van der Waals surface area contributed by atoms with E-state index in [9.17, 15) is 4.79 Å². The summed E-state index contributed by atoms with van der Waals surface area (Å²) in [6.45, 7) is 0.625. The normalized spacial score (nSPS) is 29.9. The minimum absolute atomic E-state index is 0. The molecule has 2 fully saturated rings. The monoisotopic (exact) mass is 365 g/mol. The Morgan fingerprint density at radius 1 is 1.36 bits per heavy atom. The Kier molecular flexibility index (Phi) is 7.59. The number of halogens is 2. The van der Waals surface area contributed by atoms with Gasteiger partial charge in [0.15, 0.2) is 0 Å². The van der Waals surface area contributed by atoms with Crippen LogP contribution in [0.4, 0.5) is 0 Å². The molecule has 0 radical (unpaired) electrons. The zero-order valence-corrected chi connectivity index (χ0v) is 15.3. The van der Waals surface area contributed by atoms with Crippen molar-refractivity contribution in [2.75, 3.05) is 7.05 Å². The lowest BCUT2D eigenvalue weighted by Crippen LogP contribution is -2.49. The van der Waals surface area contributed by atoms with Gasteiger partial charge in [-0.15, -0.1) is 36.2 Å². The van der Waals surface area contributed by atoms with E-state index in [0.717, 1.165) is 18.5 Å². The fraction of sp³-hybridized carbons (Fsp3) is 0.733. The fourth-order valence-electron chi connectivity index (χ4n) is 3.94. The lowest BCUT2D eigenvalue weighted by atomic mass is 9.65. The Labute approximate surface area is 148 Å². The van der Waals surface area contributed by atoms with Gasteiger partial charge in [0.1, 0.15) is 0 Å². The van der Waals surface area contributed by atoms with Gasteiger partial charge >= 0.3 is 0 Å². The molecule has 0 saturated heterocycles. The maximum absolute atomic E-state index is 12.6. The van der Waals surface area contributed by atoms with E-state index in [0.29, 0.717) is 24.4 Å². The average molecular weight is 366 g/mol. The Morgan fingerprint density at radius 3 is 2.55 bits per heavy atom. The van der Waals surface area contributed by atoms with Crippen molar-refractivity contribution in [3.63, 3.8) is 0 Å². The number of nitrogens with zero attached hydrogens (tertiary/aromatic N) is 2. The number of rotatable bonds is 3. The van der Waals surface area contributed by atoms with Gasteiger partial charge in [0.05, 0.1) is 17.7 Å². The molecule has 1 amide bonds. The molecule has 0 aliphatic heterocycles. The third-order valence-corrected chi connectivity index (χ3v) is 5.66. The molecule has 2 atom stereocenters. The Morgan fingerprint density at radius 2 is 2.00 bits per heavy atom. The summed E-state index contributed by atoms with van der Waals surface area (Å²) in [4.78, 5) is 18.7. The third kappa shape index (κ3) is 4.13. The van der Waals surface area contributed by atoms with E-state index in [-0.39, 0.29) is 36.6 Å².